The van der Waals surface area contributed by atoms with Crippen LogP contribution < -0.4 is 10.1 Å². The van der Waals surface area contributed by atoms with Gasteiger partial charge < -0.3 is 24.8 Å². The highest BCUT2D eigenvalue weighted by atomic mass is 16.5. The highest BCUT2D eigenvalue weighted by Gasteiger charge is 2.09. The minimum Gasteiger partial charge on any atom is -0.489 e. The smallest absolute Gasteiger partial charge is 0.414 e. The molecule has 36 heavy (non-hydrogen) atoms. The van der Waals surface area contributed by atoms with Crippen molar-refractivity contribution in [2.45, 2.75) is 27.0 Å². The van der Waals surface area contributed by atoms with E-state index in [1.165, 1.54) is 22.3 Å². The Morgan fingerprint density at radius 2 is 1.56 bits per heavy atom. The molecule has 0 aliphatic heterocycles. The van der Waals surface area contributed by atoms with Gasteiger partial charge in [-0.15, -0.1) is 0 Å². The number of anilines is 1. The lowest BCUT2D eigenvalue weighted by molar-refractivity contribution is -0.159. The molecule has 0 aliphatic rings. The Hall–Kier alpha value is -4.59. The molecule has 0 unspecified atom stereocenters. The van der Waals surface area contributed by atoms with Gasteiger partial charge in [0.15, 0.2) is 0 Å². The van der Waals surface area contributed by atoms with Crippen molar-refractivity contribution >= 4 is 17.9 Å². The maximum Gasteiger partial charge on any atom is 0.414 e. The van der Waals surface area contributed by atoms with Crippen LogP contribution in [0.25, 0.3) is 11.3 Å². The van der Waals surface area contributed by atoms with E-state index in [-0.39, 0.29) is 0 Å². The monoisotopic (exact) mass is 487 g/mol. The number of carboxylic acid groups (broad SMARTS) is 2. The van der Waals surface area contributed by atoms with Crippen LogP contribution in [-0.2, 0) is 29.8 Å². The third-order valence-corrected chi connectivity index (χ3v) is 5.60. The van der Waals surface area contributed by atoms with Gasteiger partial charge in [0, 0.05) is 19.2 Å². The van der Waals surface area contributed by atoms with Crippen LogP contribution in [0, 0.1) is 13.8 Å². The van der Waals surface area contributed by atoms with Gasteiger partial charge in [0.2, 0.25) is 5.95 Å². The van der Waals surface area contributed by atoms with Crippen molar-refractivity contribution in [2.24, 2.45) is 7.05 Å². The van der Waals surface area contributed by atoms with E-state index in [1.807, 2.05) is 43.6 Å². The molecule has 0 radical (unpaired) electrons. The number of benzene rings is 3. The number of aromatic nitrogens is 2. The van der Waals surface area contributed by atoms with Crippen LogP contribution in [0.5, 0.6) is 5.75 Å². The van der Waals surface area contributed by atoms with Crippen LogP contribution in [0.4, 0.5) is 5.95 Å². The van der Waals surface area contributed by atoms with Gasteiger partial charge >= 0.3 is 11.9 Å². The van der Waals surface area contributed by atoms with Crippen molar-refractivity contribution in [3.05, 3.63) is 101 Å². The summed E-state index contributed by atoms with van der Waals surface area (Å²) >= 11 is 0. The van der Waals surface area contributed by atoms with E-state index < -0.39 is 11.9 Å². The minimum absolute atomic E-state index is 0.576. The van der Waals surface area contributed by atoms with E-state index in [2.05, 4.69) is 71.2 Å². The quantitative estimate of drug-likeness (QED) is 0.313. The SMILES string of the molecule is Cc1ccc(-c2cnc(NCc3ccc(OCc4ccccc4)cc3)n2C)cc1C.O=C(O)C(=O)O. The molecule has 0 amide bonds. The molecular formula is C28H29N3O5. The molecule has 1 aromatic heterocycles. The second-order valence-electron chi connectivity index (χ2n) is 8.21. The van der Waals surface area contributed by atoms with Gasteiger partial charge in [0.1, 0.15) is 12.4 Å². The van der Waals surface area contributed by atoms with Crippen molar-refractivity contribution in [3.63, 3.8) is 0 Å². The van der Waals surface area contributed by atoms with E-state index in [0.717, 1.165) is 23.0 Å². The van der Waals surface area contributed by atoms with Gasteiger partial charge in [0.25, 0.3) is 0 Å². The first-order valence-corrected chi connectivity index (χ1v) is 11.3. The Bertz CT molecular complexity index is 1300. The number of rotatable bonds is 7. The molecule has 0 saturated carbocycles. The summed E-state index contributed by atoms with van der Waals surface area (Å²) in [4.78, 5) is 22.8. The molecule has 0 bridgehead atoms. The van der Waals surface area contributed by atoms with Gasteiger partial charge in [0.05, 0.1) is 11.9 Å². The van der Waals surface area contributed by atoms with Crippen LogP contribution in [-0.4, -0.2) is 31.7 Å². The summed E-state index contributed by atoms with van der Waals surface area (Å²) in [7, 11) is 2.04. The molecule has 0 aliphatic carbocycles. The molecule has 3 aromatic carbocycles. The molecule has 186 valence electrons. The van der Waals surface area contributed by atoms with E-state index >= 15 is 0 Å². The predicted octanol–water partition coefficient (Wildman–Crippen LogP) is 5.05. The van der Waals surface area contributed by atoms with E-state index in [0.29, 0.717) is 13.2 Å². The molecular weight excluding hydrogens is 458 g/mol. The van der Waals surface area contributed by atoms with E-state index in [9.17, 15) is 0 Å². The van der Waals surface area contributed by atoms with Crippen LogP contribution in [0.1, 0.15) is 22.3 Å². The second-order valence-corrected chi connectivity index (χ2v) is 8.21. The summed E-state index contributed by atoms with van der Waals surface area (Å²) in [5.41, 5.74) is 7.22. The van der Waals surface area contributed by atoms with Crippen molar-refractivity contribution in [2.75, 3.05) is 5.32 Å². The number of nitrogens with zero attached hydrogens (tertiary/aromatic N) is 2. The maximum absolute atomic E-state index is 9.10. The molecule has 4 aromatic rings. The van der Waals surface area contributed by atoms with E-state index in [1.54, 1.807) is 0 Å². The number of hydrogen-bond acceptors (Lipinski definition) is 5. The van der Waals surface area contributed by atoms with Crippen LogP contribution in [0.15, 0.2) is 79.0 Å². The predicted molar refractivity (Wildman–Crippen MR) is 138 cm³/mol. The van der Waals surface area contributed by atoms with Crippen molar-refractivity contribution in [1.82, 2.24) is 9.55 Å². The molecule has 0 spiro atoms. The number of ether oxygens (including phenoxy) is 1. The number of aryl methyl sites for hydroxylation is 2. The third-order valence-electron chi connectivity index (χ3n) is 5.60. The summed E-state index contributed by atoms with van der Waals surface area (Å²) in [5.74, 6) is -1.92. The van der Waals surface area contributed by atoms with Gasteiger partial charge in [-0.25, -0.2) is 14.6 Å². The summed E-state index contributed by atoms with van der Waals surface area (Å²) in [6, 6.07) is 24.9. The number of imidazole rings is 1. The van der Waals surface area contributed by atoms with Gasteiger partial charge in [-0.1, -0.05) is 54.6 Å². The molecule has 0 fully saturated rings. The lowest BCUT2D eigenvalue weighted by Crippen LogP contribution is -2.09. The molecule has 8 heteroatoms. The Morgan fingerprint density at radius 1 is 0.889 bits per heavy atom. The molecule has 8 nitrogen and oxygen atoms in total. The first-order chi connectivity index (χ1) is 17.2. The number of aliphatic carboxylic acids is 2. The highest BCUT2D eigenvalue weighted by Crippen LogP contribution is 2.24. The van der Waals surface area contributed by atoms with Crippen molar-refractivity contribution in [3.8, 4) is 17.0 Å². The number of carbonyl (C=O) groups is 2. The zero-order chi connectivity index (χ0) is 26.1. The fraction of sp³-hybridized carbons (Fsp3) is 0.179. The normalized spacial score (nSPS) is 10.2. The first-order valence-electron chi connectivity index (χ1n) is 11.3. The molecule has 3 N–H and O–H groups in total. The van der Waals surface area contributed by atoms with E-state index in [4.69, 9.17) is 24.5 Å². The van der Waals surface area contributed by atoms with Gasteiger partial charge in [-0.2, -0.15) is 0 Å². The maximum atomic E-state index is 9.10. The summed E-state index contributed by atoms with van der Waals surface area (Å²) < 4.78 is 7.96. The van der Waals surface area contributed by atoms with Crippen LogP contribution in [0.2, 0.25) is 0 Å². The lowest BCUT2D eigenvalue weighted by atomic mass is 10.0. The first kappa shape index (κ1) is 26.0. The van der Waals surface area contributed by atoms with Gasteiger partial charge in [-0.3, -0.25) is 0 Å². The summed E-state index contributed by atoms with van der Waals surface area (Å²) in [5, 5.41) is 18.2. The standard InChI is InChI=1S/C26H27N3O.C2H2O4/c1-19-9-12-23(15-20(19)2)25-17-28-26(29(25)3)27-16-21-10-13-24(14-11-21)30-18-22-7-5-4-6-8-22;3-1(4)2(5)6/h4-15,17H,16,18H2,1-3H3,(H,27,28);(H,3,4)(H,5,6). The van der Waals surface area contributed by atoms with Crippen LogP contribution in [0.3, 0.4) is 0 Å². The number of hydrogen-bond donors (Lipinski definition) is 3. The Morgan fingerprint density at radius 3 is 2.17 bits per heavy atom. The topological polar surface area (TPSA) is 114 Å². The summed E-state index contributed by atoms with van der Waals surface area (Å²) in [6.45, 7) is 5.55. The van der Waals surface area contributed by atoms with Crippen molar-refractivity contribution in [1.29, 1.82) is 0 Å². The Kier molecular flexibility index (Phi) is 8.83. The fourth-order valence-electron chi connectivity index (χ4n) is 3.37. The highest BCUT2D eigenvalue weighted by molar-refractivity contribution is 6.27. The molecule has 4 rings (SSSR count). The molecule has 0 atom stereocenters. The largest absolute Gasteiger partial charge is 0.489 e. The fourth-order valence-corrected chi connectivity index (χ4v) is 3.37. The zero-order valence-corrected chi connectivity index (χ0v) is 20.4. The zero-order valence-electron chi connectivity index (χ0n) is 20.4. The summed E-state index contributed by atoms with van der Waals surface area (Å²) in [6.07, 6.45) is 1.92. The second kappa shape index (κ2) is 12.2. The minimum atomic E-state index is -1.82. The van der Waals surface area contributed by atoms with Gasteiger partial charge in [-0.05, 0) is 54.3 Å². The average molecular weight is 488 g/mol. The Balaban J connectivity index is 0.000000538. The van der Waals surface area contributed by atoms with Crippen molar-refractivity contribution < 1.29 is 24.5 Å². The lowest BCUT2D eigenvalue weighted by Gasteiger charge is -2.10. The third kappa shape index (κ3) is 7.20. The molecule has 0 saturated heterocycles. The average Bonchev–Trinajstić information content (AvgIpc) is 3.25. The van der Waals surface area contributed by atoms with Crippen LogP contribution >= 0.6 is 0 Å². The molecule has 1 heterocycles. The number of nitrogens with one attached hydrogen (secondary N) is 1. The Labute approximate surface area is 209 Å². The number of carboxylic acids is 2.